The number of nitrogens with zero attached hydrogens (tertiary/aromatic N) is 1. The Morgan fingerprint density at radius 2 is 1.67 bits per heavy atom. The molecule has 3 heteroatoms. The molecule has 0 amide bonds. The summed E-state index contributed by atoms with van der Waals surface area (Å²) < 4.78 is 0. The summed E-state index contributed by atoms with van der Waals surface area (Å²) in [6, 6.07) is 18.2. The molecule has 0 saturated heterocycles. The number of fused-ring (bicyclic) bond motifs is 1. The molecule has 0 fully saturated rings. The number of aromatic nitrogens is 1. The molecule has 0 unspecified atom stereocenters. The third kappa shape index (κ3) is 3.61. The molecule has 3 aromatic rings. The van der Waals surface area contributed by atoms with E-state index in [2.05, 4.69) is 36.2 Å². The number of rotatable bonds is 2. The monoisotopic (exact) mass is 296 g/mol. The van der Waals surface area contributed by atoms with E-state index in [-0.39, 0.29) is 12.4 Å². The molecular weight excluding hydrogens is 280 g/mol. The Morgan fingerprint density at radius 3 is 2.43 bits per heavy atom. The first-order valence-corrected chi connectivity index (χ1v) is 6.62. The molecule has 2 aromatic carbocycles. The van der Waals surface area contributed by atoms with Crippen molar-refractivity contribution in [2.45, 2.75) is 6.92 Å². The van der Waals surface area contributed by atoms with Gasteiger partial charge in [-0.25, -0.2) is 4.98 Å². The molecule has 1 aromatic heterocycles. The van der Waals surface area contributed by atoms with Crippen LogP contribution in [0.5, 0.6) is 0 Å². The number of nitrogen functional groups attached to an aromatic ring is 1. The van der Waals surface area contributed by atoms with Gasteiger partial charge in [0.15, 0.2) is 0 Å². The quantitative estimate of drug-likeness (QED) is 0.695. The topological polar surface area (TPSA) is 38.9 Å². The minimum Gasteiger partial charge on any atom is -0.399 e. The van der Waals surface area contributed by atoms with E-state index in [9.17, 15) is 0 Å². The van der Waals surface area contributed by atoms with Gasteiger partial charge in [-0.05, 0) is 48.9 Å². The number of hydrogen-bond acceptors (Lipinski definition) is 2. The average Bonchev–Trinajstić information content (AvgIpc) is 2.46. The first-order chi connectivity index (χ1) is 9.70. The van der Waals surface area contributed by atoms with Gasteiger partial charge >= 0.3 is 0 Å². The molecule has 0 spiro atoms. The molecular formula is C18H17ClN2. The summed E-state index contributed by atoms with van der Waals surface area (Å²) in [5.41, 5.74) is 10.8. The Bertz CT molecular complexity index is 777. The largest absolute Gasteiger partial charge is 0.399 e. The van der Waals surface area contributed by atoms with Crippen LogP contribution in [0.15, 0.2) is 54.6 Å². The van der Waals surface area contributed by atoms with E-state index >= 15 is 0 Å². The number of aryl methyl sites for hydroxylation is 1. The Morgan fingerprint density at radius 1 is 0.905 bits per heavy atom. The number of halogens is 1. The zero-order valence-electron chi connectivity index (χ0n) is 11.8. The number of benzene rings is 2. The van der Waals surface area contributed by atoms with Gasteiger partial charge in [0.1, 0.15) is 0 Å². The first-order valence-electron chi connectivity index (χ1n) is 6.62. The number of pyridine rings is 1. The van der Waals surface area contributed by atoms with Crippen LogP contribution in [0.3, 0.4) is 0 Å². The van der Waals surface area contributed by atoms with Crippen molar-refractivity contribution in [3.63, 3.8) is 0 Å². The highest BCUT2D eigenvalue weighted by atomic mass is 35.5. The van der Waals surface area contributed by atoms with Crippen LogP contribution in [0, 0.1) is 6.92 Å². The van der Waals surface area contributed by atoms with E-state index < -0.39 is 0 Å². The maximum Gasteiger partial charge on any atom is 0.0709 e. The Balaban J connectivity index is 0.00000161. The van der Waals surface area contributed by atoms with E-state index in [1.165, 1.54) is 10.9 Å². The molecule has 0 aliphatic heterocycles. The van der Waals surface area contributed by atoms with Gasteiger partial charge in [-0.15, -0.1) is 12.4 Å². The summed E-state index contributed by atoms with van der Waals surface area (Å²) in [6.07, 6.45) is 4.06. The van der Waals surface area contributed by atoms with Gasteiger partial charge in [0.25, 0.3) is 0 Å². The third-order valence-corrected chi connectivity index (χ3v) is 3.25. The lowest BCUT2D eigenvalue weighted by Crippen LogP contribution is -1.84. The normalized spacial score (nSPS) is 10.7. The molecule has 0 aliphatic rings. The van der Waals surface area contributed by atoms with Crippen molar-refractivity contribution in [2.75, 3.05) is 5.73 Å². The molecule has 0 aliphatic carbocycles. The van der Waals surface area contributed by atoms with Crippen LogP contribution in [0.1, 0.15) is 16.8 Å². The predicted octanol–water partition coefficient (Wildman–Crippen LogP) is 4.72. The van der Waals surface area contributed by atoms with E-state index in [4.69, 9.17) is 5.73 Å². The van der Waals surface area contributed by atoms with Gasteiger partial charge in [-0.2, -0.15) is 0 Å². The van der Waals surface area contributed by atoms with Crippen LogP contribution in [0.25, 0.3) is 23.1 Å². The fourth-order valence-corrected chi connectivity index (χ4v) is 2.14. The van der Waals surface area contributed by atoms with E-state index in [1.54, 1.807) is 0 Å². The molecule has 2 nitrogen and oxygen atoms in total. The highest BCUT2D eigenvalue weighted by Gasteiger charge is 1.96. The van der Waals surface area contributed by atoms with Crippen LogP contribution in [0.2, 0.25) is 0 Å². The van der Waals surface area contributed by atoms with Gasteiger partial charge in [0.05, 0.1) is 11.2 Å². The second-order valence-electron chi connectivity index (χ2n) is 4.93. The number of hydrogen-bond donors (Lipinski definition) is 1. The average molecular weight is 297 g/mol. The lowest BCUT2D eigenvalue weighted by atomic mass is 10.1. The van der Waals surface area contributed by atoms with Crippen LogP contribution >= 0.6 is 12.4 Å². The minimum absolute atomic E-state index is 0. The van der Waals surface area contributed by atoms with Crippen LogP contribution in [0.4, 0.5) is 5.69 Å². The molecule has 106 valence electrons. The van der Waals surface area contributed by atoms with Crippen LogP contribution in [-0.4, -0.2) is 4.98 Å². The Labute approximate surface area is 130 Å². The molecule has 1 heterocycles. The lowest BCUT2D eigenvalue weighted by Gasteiger charge is -2.00. The molecule has 0 saturated carbocycles. The van der Waals surface area contributed by atoms with Gasteiger partial charge in [-0.3, -0.25) is 0 Å². The van der Waals surface area contributed by atoms with Crippen molar-refractivity contribution in [3.8, 4) is 0 Å². The second kappa shape index (κ2) is 6.42. The summed E-state index contributed by atoms with van der Waals surface area (Å²) >= 11 is 0. The maximum atomic E-state index is 5.67. The summed E-state index contributed by atoms with van der Waals surface area (Å²) in [5.74, 6) is 0. The summed E-state index contributed by atoms with van der Waals surface area (Å²) in [4.78, 5) is 4.64. The smallest absolute Gasteiger partial charge is 0.0709 e. The van der Waals surface area contributed by atoms with Gasteiger partial charge in [0, 0.05) is 11.1 Å². The molecule has 0 bridgehead atoms. The second-order valence-corrected chi connectivity index (χ2v) is 4.93. The minimum atomic E-state index is 0. The molecule has 21 heavy (non-hydrogen) atoms. The zero-order chi connectivity index (χ0) is 13.9. The molecule has 0 atom stereocenters. The fraction of sp³-hybridized carbons (Fsp3) is 0.0556. The summed E-state index contributed by atoms with van der Waals surface area (Å²) in [6.45, 7) is 2.09. The van der Waals surface area contributed by atoms with Gasteiger partial charge in [0.2, 0.25) is 0 Å². The van der Waals surface area contributed by atoms with E-state index in [1.807, 2.05) is 42.5 Å². The van der Waals surface area contributed by atoms with Crippen molar-refractivity contribution in [1.82, 2.24) is 4.98 Å². The first kappa shape index (κ1) is 15.1. The molecule has 2 N–H and O–H groups in total. The highest BCUT2D eigenvalue weighted by molar-refractivity contribution is 5.85. The van der Waals surface area contributed by atoms with Gasteiger partial charge < -0.3 is 5.73 Å². The fourth-order valence-electron chi connectivity index (χ4n) is 2.14. The SMILES string of the molecule is Cc1ccc2nc(/C=C/c3ccc(N)cc3)ccc2c1.Cl. The van der Waals surface area contributed by atoms with Crippen LogP contribution < -0.4 is 5.73 Å². The maximum absolute atomic E-state index is 5.67. The summed E-state index contributed by atoms with van der Waals surface area (Å²) in [5, 5.41) is 1.18. The van der Waals surface area contributed by atoms with E-state index in [0.29, 0.717) is 0 Å². The molecule has 3 rings (SSSR count). The predicted molar refractivity (Wildman–Crippen MR) is 93.5 cm³/mol. The third-order valence-electron chi connectivity index (χ3n) is 3.25. The van der Waals surface area contributed by atoms with Crippen molar-refractivity contribution in [2.24, 2.45) is 0 Å². The standard InChI is InChI=1S/C18H16N2.ClH/c1-13-2-11-18-15(12-13)6-10-17(20-18)9-5-14-3-7-16(19)8-4-14;/h2-12H,19H2,1H3;1H/b9-5+;. The van der Waals surface area contributed by atoms with Crippen molar-refractivity contribution < 1.29 is 0 Å². The number of nitrogens with two attached hydrogens (primary N) is 1. The van der Waals surface area contributed by atoms with Gasteiger partial charge in [-0.1, -0.05) is 35.9 Å². The lowest BCUT2D eigenvalue weighted by molar-refractivity contribution is 1.36. The van der Waals surface area contributed by atoms with Crippen molar-refractivity contribution in [3.05, 3.63) is 71.4 Å². The summed E-state index contributed by atoms with van der Waals surface area (Å²) in [7, 11) is 0. The van der Waals surface area contributed by atoms with E-state index in [0.717, 1.165) is 22.5 Å². The Hall–Kier alpha value is -2.32. The number of anilines is 1. The molecule has 0 radical (unpaired) electrons. The van der Waals surface area contributed by atoms with Crippen LogP contribution in [-0.2, 0) is 0 Å². The Kier molecular flexibility index (Phi) is 4.61. The van der Waals surface area contributed by atoms with Crippen molar-refractivity contribution in [1.29, 1.82) is 0 Å². The highest BCUT2D eigenvalue weighted by Crippen LogP contribution is 2.16. The zero-order valence-corrected chi connectivity index (χ0v) is 12.6. The van der Waals surface area contributed by atoms with Crippen molar-refractivity contribution >= 4 is 41.1 Å².